The van der Waals surface area contributed by atoms with E-state index >= 15 is 0 Å². The lowest BCUT2D eigenvalue weighted by molar-refractivity contribution is 0.311. The Morgan fingerprint density at radius 2 is 2.27 bits per heavy atom. The summed E-state index contributed by atoms with van der Waals surface area (Å²) in [5, 5.41) is 19.0. The molecule has 5 nitrogen and oxygen atoms in total. The second-order valence-corrected chi connectivity index (χ2v) is 3.49. The summed E-state index contributed by atoms with van der Waals surface area (Å²) in [5.41, 5.74) is 4.54. The van der Waals surface area contributed by atoms with E-state index in [-0.39, 0.29) is 6.61 Å². The van der Waals surface area contributed by atoms with Crippen molar-refractivity contribution in [2.75, 3.05) is 18.5 Å². The van der Waals surface area contributed by atoms with Gasteiger partial charge in [0.05, 0.1) is 18.0 Å². The van der Waals surface area contributed by atoms with Crippen LogP contribution in [0.15, 0.2) is 6.07 Å². The zero-order valence-corrected chi connectivity index (χ0v) is 8.83. The fraction of sp³-hybridized carbons (Fsp3) is 0.400. The van der Waals surface area contributed by atoms with Gasteiger partial charge in [-0.25, -0.2) is 4.98 Å². The maximum Gasteiger partial charge on any atom is 0.113 e. The van der Waals surface area contributed by atoms with Crippen LogP contribution in [0.4, 0.5) is 5.69 Å². The first kappa shape index (κ1) is 9.92. The molecule has 0 radical (unpaired) electrons. The number of hydrogen-bond acceptors (Lipinski definition) is 4. The number of H-pyrrole nitrogens is 1. The maximum atomic E-state index is 8.77. The summed E-state index contributed by atoms with van der Waals surface area (Å²) in [4.78, 5) is 4.41. The van der Waals surface area contributed by atoms with Gasteiger partial charge in [0.25, 0.3) is 0 Å². The van der Waals surface area contributed by atoms with Crippen LogP contribution in [0.5, 0.6) is 0 Å². The molecule has 3 N–H and O–H groups in total. The topological polar surface area (TPSA) is 73.8 Å². The van der Waals surface area contributed by atoms with Gasteiger partial charge in [0, 0.05) is 12.2 Å². The van der Waals surface area contributed by atoms with E-state index in [1.807, 2.05) is 19.9 Å². The minimum absolute atomic E-state index is 0.107. The van der Waals surface area contributed by atoms with Crippen molar-refractivity contribution in [3.63, 3.8) is 0 Å². The van der Waals surface area contributed by atoms with Gasteiger partial charge < -0.3 is 10.4 Å². The molecule has 0 aromatic carbocycles. The van der Waals surface area contributed by atoms with Crippen LogP contribution in [0, 0.1) is 13.8 Å². The summed E-state index contributed by atoms with van der Waals surface area (Å²) in [7, 11) is 0. The first-order valence-electron chi connectivity index (χ1n) is 4.89. The number of pyridine rings is 1. The van der Waals surface area contributed by atoms with Crippen LogP contribution >= 0.6 is 0 Å². The van der Waals surface area contributed by atoms with Crippen LogP contribution < -0.4 is 5.32 Å². The largest absolute Gasteiger partial charge is 0.395 e. The molecule has 5 heteroatoms. The summed E-state index contributed by atoms with van der Waals surface area (Å²) in [6.07, 6.45) is 0. The van der Waals surface area contributed by atoms with Gasteiger partial charge in [-0.15, -0.1) is 0 Å². The van der Waals surface area contributed by atoms with E-state index in [0.717, 1.165) is 28.1 Å². The van der Waals surface area contributed by atoms with E-state index in [9.17, 15) is 0 Å². The molecule has 0 spiro atoms. The Kier molecular flexibility index (Phi) is 2.55. The molecule has 0 bridgehead atoms. The molecule has 0 aliphatic rings. The number of rotatable bonds is 3. The Morgan fingerprint density at radius 1 is 1.47 bits per heavy atom. The summed E-state index contributed by atoms with van der Waals surface area (Å²) < 4.78 is 0. The predicted octanol–water partition coefficient (Wildman–Crippen LogP) is 0.979. The average molecular weight is 206 g/mol. The monoisotopic (exact) mass is 206 g/mol. The van der Waals surface area contributed by atoms with E-state index in [2.05, 4.69) is 20.5 Å². The molecule has 80 valence electrons. The van der Waals surface area contributed by atoms with Crippen LogP contribution in [0.3, 0.4) is 0 Å². The number of hydrogen-bond donors (Lipinski definition) is 3. The molecule has 0 aliphatic heterocycles. The highest BCUT2D eigenvalue weighted by atomic mass is 16.3. The lowest BCUT2D eigenvalue weighted by atomic mass is 10.2. The zero-order chi connectivity index (χ0) is 10.8. The molecule has 0 aliphatic carbocycles. The van der Waals surface area contributed by atoms with E-state index in [1.54, 1.807) is 0 Å². The molecule has 2 heterocycles. The molecule has 0 amide bonds. The van der Waals surface area contributed by atoms with Crippen LogP contribution in [0.25, 0.3) is 11.0 Å². The third-order valence-electron chi connectivity index (χ3n) is 2.25. The van der Waals surface area contributed by atoms with Crippen molar-refractivity contribution in [2.24, 2.45) is 0 Å². The molecule has 0 unspecified atom stereocenters. The van der Waals surface area contributed by atoms with Gasteiger partial charge in [-0.05, 0) is 19.9 Å². The second kappa shape index (κ2) is 3.86. The molecule has 15 heavy (non-hydrogen) atoms. The summed E-state index contributed by atoms with van der Waals surface area (Å²) in [6.45, 7) is 4.49. The standard InChI is InChI=1S/C10H14N4O/c1-6-5-8(11-3-4-15)10-9(12-6)7(2)13-14-10/h5,15H,3-4H2,1-2H3,(H,11,12)(H,13,14). The summed E-state index contributed by atoms with van der Waals surface area (Å²) >= 11 is 0. The molecule has 0 atom stereocenters. The number of aromatic amines is 1. The lowest BCUT2D eigenvalue weighted by Gasteiger charge is -2.06. The van der Waals surface area contributed by atoms with Gasteiger partial charge in [-0.2, -0.15) is 5.10 Å². The van der Waals surface area contributed by atoms with Crippen LogP contribution in [0.2, 0.25) is 0 Å². The summed E-state index contributed by atoms with van der Waals surface area (Å²) in [5.74, 6) is 0. The minimum Gasteiger partial charge on any atom is -0.395 e. The van der Waals surface area contributed by atoms with Crippen LogP contribution in [0.1, 0.15) is 11.4 Å². The third kappa shape index (κ3) is 1.78. The highest BCUT2D eigenvalue weighted by Crippen LogP contribution is 2.22. The normalized spacial score (nSPS) is 10.9. The highest BCUT2D eigenvalue weighted by molar-refractivity contribution is 5.89. The molecule has 0 saturated heterocycles. The van der Waals surface area contributed by atoms with Gasteiger partial charge >= 0.3 is 0 Å². The van der Waals surface area contributed by atoms with Crippen LogP contribution in [-0.2, 0) is 0 Å². The number of anilines is 1. The Hall–Kier alpha value is -1.62. The molecular weight excluding hydrogens is 192 g/mol. The number of nitrogens with one attached hydrogen (secondary N) is 2. The maximum absolute atomic E-state index is 8.77. The minimum atomic E-state index is 0.107. The van der Waals surface area contributed by atoms with Gasteiger partial charge in [0.15, 0.2) is 0 Å². The number of nitrogens with zero attached hydrogens (tertiary/aromatic N) is 2. The van der Waals surface area contributed by atoms with Gasteiger partial charge in [-0.1, -0.05) is 0 Å². The van der Waals surface area contributed by atoms with Gasteiger partial charge in [-0.3, -0.25) is 5.10 Å². The average Bonchev–Trinajstić information content (AvgIpc) is 2.57. The molecule has 2 aromatic rings. The number of aliphatic hydroxyl groups is 1. The van der Waals surface area contributed by atoms with Crippen molar-refractivity contribution in [3.05, 3.63) is 17.5 Å². The Morgan fingerprint density at radius 3 is 3.00 bits per heavy atom. The van der Waals surface area contributed by atoms with Crippen molar-refractivity contribution >= 4 is 16.7 Å². The first-order valence-corrected chi connectivity index (χ1v) is 4.89. The SMILES string of the molecule is Cc1cc(NCCO)c2[nH]nc(C)c2n1. The second-order valence-electron chi connectivity index (χ2n) is 3.49. The lowest BCUT2D eigenvalue weighted by Crippen LogP contribution is -2.06. The fourth-order valence-corrected chi connectivity index (χ4v) is 1.57. The number of fused-ring (bicyclic) bond motifs is 1. The number of aromatic nitrogens is 3. The van der Waals surface area contributed by atoms with E-state index in [4.69, 9.17) is 5.11 Å². The van der Waals surface area contributed by atoms with Crippen molar-refractivity contribution in [3.8, 4) is 0 Å². The predicted molar refractivity (Wildman–Crippen MR) is 58.9 cm³/mol. The molecule has 0 fully saturated rings. The van der Waals surface area contributed by atoms with Gasteiger partial charge in [0.2, 0.25) is 0 Å². The molecule has 0 saturated carbocycles. The molecule has 2 rings (SSSR count). The Balaban J connectivity index is 2.52. The van der Waals surface area contributed by atoms with Crippen molar-refractivity contribution in [1.29, 1.82) is 0 Å². The van der Waals surface area contributed by atoms with E-state index in [0.29, 0.717) is 6.54 Å². The van der Waals surface area contributed by atoms with E-state index in [1.165, 1.54) is 0 Å². The van der Waals surface area contributed by atoms with E-state index < -0.39 is 0 Å². The molecular formula is C10H14N4O. The third-order valence-corrected chi connectivity index (χ3v) is 2.25. The molecule has 2 aromatic heterocycles. The Labute approximate surface area is 87.5 Å². The van der Waals surface area contributed by atoms with Crippen LogP contribution in [-0.4, -0.2) is 33.4 Å². The van der Waals surface area contributed by atoms with Gasteiger partial charge in [0.1, 0.15) is 11.0 Å². The number of aliphatic hydroxyl groups excluding tert-OH is 1. The highest BCUT2D eigenvalue weighted by Gasteiger charge is 2.08. The van der Waals surface area contributed by atoms with Crippen molar-refractivity contribution in [1.82, 2.24) is 15.2 Å². The Bertz CT molecular complexity index is 477. The zero-order valence-electron chi connectivity index (χ0n) is 8.83. The smallest absolute Gasteiger partial charge is 0.113 e. The first-order chi connectivity index (χ1) is 7.22. The quantitative estimate of drug-likeness (QED) is 0.699. The van der Waals surface area contributed by atoms with Crippen molar-refractivity contribution in [2.45, 2.75) is 13.8 Å². The fourth-order valence-electron chi connectivity index (χ4n) is 1.57. The summed E-state index contributed by atoms with van der Waals surface area (Å²) in [6, 6.07) is 1.94. The van der Waals surface area contributed by atoms with Crippen molar-refractivity contribution < 1.29 is 5.11 Å². The number of aryl methyl sites for hydroxylation is 2.